The van der Waals surface area contributed by atoms with Crippen LogP contribution in [0.2, 0.25) is 0 Å². The highest BCUT2D eigenvalue weighted by Gasteiger charge is 2.26. The third-order valence-corrected chi connectivity index (χ3v) is 3.64. The van der Waals surface area contributed by atoms with E-state index >= 15 is 0 Å². The number of nitrogens with one attached hydrogen (secondary N) is 2. The van der Waals surface area contributed by atoms with Gasteiger partial charge in [-0.3, -0.25) is 9.59 Å². The van der Waals surface area contributed by atoms with Gasteiger partial charge in [0.2, 0.25) is 11.8 Å². The minimum absolute atomic E-state index is 0.148. The second-order valence-corrected chi connectivity index (χ2v) is 5.42. The molecule has 1 aliphatic heterocycles. The molecule has 2 amide bonds. The maximum Gasteiger partial charge on any atom is 0.248 e. The van der Waals surface area contributed by atoms with Crippen molar-refractivity contribution in [1.82, 2.24) is 10.9 Å². The van der Waals surface area contributed by atoms with Gasteiger partial charge in [0.25, 0.3) is 0 Å². The third kappa shape index (κ3) is 4.00. The largest absolute Gasteiger partial charge is 0.273 e. The summed E-state index contributed by atoms with van der Waals surface area (Å²) >= 11 is 0. The maximum atomic E-state index is 11.8. The zero-order chi connectivity index (χ0) is 16.1. The Morgan fingerprint density at radius 1 is 1.32 bits per heavy atom. The van der Waals surface area contributed by atoms with Crippen LogP contribution in [0.5, 0.6) is 0 Å². The molecule has 0 aliphatic carbocycles. The molecule has 1 heterocycles. The molecular weight excluding hydrogens is 280 g/mol. The Morgan fingerprint density at radius 2 is 2.00 bits per heavy atom. The number of aryl methyl sites for hydroxylation is 1. The first kappa shape index (κ1) is 15.9. The van der Waals surface area contributed by atoms with E-state index in [4.69, 9.17) is 0 Å². The van der Waals surface area contributed by atoms with Gasteiger partial charge < -0.3 is 0 Å². The van der Waals surface area contributed by atoms with Crippen LogP contribution in [0.1, 0.15) is 37.8 Å². The summed E-state index contributed by atoms with van der Waals surface area (Å²) in [6, 6.07) is 7.92. The molecule has 0 bridgehead atoms. The smallest absolute Gasteiger partial charge is 0.248 e. The molecule has 1 aromatic rings. The Bertz CT molecular complexity index is 632. The number of benzene rings is 1. The van der Waals surface area contributed by atoms with Gasteiger partial charge in [-0.05, 0) is 32.8 Å². The average Bonchev–Trinajstić information content (AvgIpc) is 2.82. The number of hydrazone groups is 2. The van der Waals surface area contributed by atoms with Gasteiger partial charge in [0.05, 0.1) is 11.6 Å². The van der Waals surface area contributed by atoms with E-state index in [1.807, 2.05) is 38.1 Å². The van der Waals surface area contributed by atoms with E-state index in [0.29, 0.717) is 6.42 Å². The number of carbonyl (C=O) groups is 2. The van der Waals surface area contributed by atoms with Gasteiger partial charge in [-0.25, -0.2) is 10.9 Å². The number of hydrogen-bond donors (Lipinski definition) is 2. The van der Waals surface area contributed by atoms with Gasteiger partial charge in [0.1, 0.15) is 0 Å². The SMILES string of the molecule is CC(=NNC(=O)CCC1C(=O)NN=C1C)c1ccc(C)cc1. The molecule has 0 radical (unpaired) electrons. The molecule has 6 nitrogen and oxygen atoms in total. The molecule has 2 rings (SSSR count). The van der Waals surface area contributed by atoms with Crippen molar-refractivity contribution < 1.29 is 9.59 Å². The summed E-state index contributed by atoms with van der Waals surface area (Å²) in [7, 11) is 0. The monoisotopic (exact) mass is 300 g/mol. The van der Waals surface area contributed by atoms with Gasteiger partial charge in [-0.15, -0.1) is 0 Å². The minimum atomic E-state index is -0.312. The van der Waals surface area contributed by atoms with Crippen molar-refractivity contribution in [2.45, 2.75) is 33.6 Å². The van der Waals surface area contributed by atoms with Crippen molar-refractivity contribution in [2.75, 3.05) is 0 Å². The Labute approximate surface area is 129 Å². The molecule has 22 heavy (non-hydrogen) atoms. The van der Waals surface area contributed by atoms with Crippen molar-refractivity contribution in [3.63, 3.8) is 0 Å². The van der Waals surface area contributed by atoms with Crippen LogP contribution in [-0.2, 0) is 9.59 Å². The second kappa shape index (κ2) is 6.98. The van der Waals surface area contributed by atoms with Crippen molar-refractivity contribution in [2.24, 2.45) is 16.1 Å². The first-order chi connectivity index (χ1) is 10.5. The Morgan fingerprint density at radius 3 is 2.59 bits per heavy atom. The molecule has 2 N–H and O–H groups in total. The van der Waals surface area contributed by atoms with Crippen LogP contribution >= 0.6 is 0 Å². The molecule has 1 aliphatic rings. The highest BCUT2D eigenvalue weighted by molar-refractivity contribution is 6.07. The quantitative estimate of drug-likeness (QED) is 0.641. The summed E-state index contributed by atoms with van der Waals surface area (Å²) in [6.07, 6.45) is 0.668. The molecule has 6 heteroatoms. The fraction of sp³-hybridized carbons (Fsp3) is 0.375. The van der Waals surface area contributed by atoms with Crippen LogP contribution < -0.4 is 10.9 Å². The maximum absolute atomic E-state index is 11.8. The van der Waals surface area contributed by atoms with E-state index in [9.17, 15) is 9.59 Å². The van der Waals surface area contributed by atoms with Gasteiger partial charge in [0.15, 0.2) is 0 Å². The lowest BCUT2D eigenvalue weighted by atomic mass is 9.99. The fourth-order valence-electron chi connectivity index (χ4n) is 2.17. The number of nitrogens with zero attached hydrogens (tertiary/aromatic N) is 2. The summed E-state index contributed by atoms with van der Waals surface area (Å²) < 4.78 is 0. The predicted octanol–water partition coefficient (Wildman–Crippen LogP) is 1.74. The molecule has 1 unspecified atom stereocenters. The van der Waals surface area contributed by atoms with Gasteiger partial charge in [-0.1, -0.05) is 29.8 Å². The van der Waals surface area contributed by atoms with Crippen LogP contribution in [0.25, 0.3) is 0 Å². The number of hydrogen-bond acceptors (Lipinski definition) is 4. The molecular formula is C16H20N4O2. The molecule has 0 fully saturated rings. The predicted molar refractivity (Wildman–Crippen MR) is 85.5 cm³/mol. The van der Waals surface area contributed by atoms with Gasteiger partial charge >= 0.3 is 0 Å². The zero-order valence-corrected chi connectivity index (χ0v) is 13.0. The lowest BCUT2D eigenvalue weighted by molar-refractivity contribution is -0.123. The lowest BCUT2D eigenvalue weighted by Crippen LogP contribution is -2.25. The van der Waals surface area contributed by atoms with Crippen molar-refractivity contribution in [3.8, 4) is 0 Å². The van der Waals surface area contributed by atoms with Crippen LogP contribution in [0.3, 0.4) is 0 Å². The topological polar surface area (TPSA) is 82.9 Å². The third-order valence-electron chi connectivity index (χ3n) is 3.64. The first-order valence-electron chi connectivity index (χ1n) is 7.21. The molecule has 0 saturated heterocycles. The van der Waals surface area contributed by atoms with E-state index in [1.165, 1.54) is 5.56 Å². The summed E-state index contributed by atoms with van der Waals surface area (Å²) in [5.41, 5.74) is 8.53. The molecule has 1 aromatic carbocycles. The Balaban J connectivity index is 1.84. The van der Waals surface area contributed by atoms with E-state index in [0.717, 1.165) is 17.0 Å². The Hall–Kier alpha value is -2.50. The molecule has 0 aromatic heterocycles. The summed E-state index contributed by atoms with van der Waals surface area (Å²) in [5, 5.41) is 7.95. The highest BCUT2D eigenvalue weighted by atomic mass is 16.2. The van der Waals surface area contributed by atoms with Gasteiger partial charge in [-0.2, -0.15) is 10.2 Å². The standard InChI is InChI=1S/C16H20N4O2/c1-10-4-6-13(7-5-10)11(2)17-19-15(21)9-8-14-12(3)18-20-16(14)22/h4-7,14H,8-9H2,1-3H3,(H,19,21)(H,20,22). The normalized spacial score (nSPS) is 18.0. The van der Waals surface area contributed by atoms with E-state index in [1.54, 1.807) is 6.92 Å². The zero-order valence-electron chi connectivity index (χ0n) is 13.0. The fourth-order valence-corrected chi connectivity index (χ4v) is 2.17. The molecule has 1 atom stereocenters. The summed E-state index contributed by atoms with van der Waals surface area (Å²) in [4.78, 5) is 23.3. The number of carbonyl (C=O) groups excluding carboxylic acids is 2. The molecule has 0 saturated carbocycles. The van der Waals surface area contributed by atoms with Crippen LogP contribution in [0.4, 0.5) is 0 Å². The highest BCUT2D eigenvalue weighted by Crippen LogP contribution is 2.13. The molecule has 116 valence electrons. The number of rotatable bonds is 5. The summed E-state index contributed by atoms with van der Waals surface area (Å²) in [6.45, 7) is 5.63. The minimum Gasteiger partial charge on any atom is -0.273 e. The van der Waals surface area contributed by atoms with Crippen molar-refractivity contribution >= 4 is 23.2 Å². The van der Waals surface area contributed by atoms with E-state index in [-0.39, 0.29) is 24.2 Å². The van der Waals surface area contributed by atoms with Gasteiger partial charge in [0, 0.05) is 12.1 Å². The lowest BCUT2D eigenvalue weighted by Gasteiger charge is -2.07. The average molecular weight is 300 g/mol. The van der Waals surface area contributed by atoms with Crippen LogP contribution in [0.15, 0.2) is 34.5 Å². The number of amides is 2. The first-order valence-corrected chi connectivity index (χ1v) is 7.21. The summed E-state index contributed by atoms with van der Waals surface area (Å²) in [5.74, 6) is -0.670. The van der Waals surface area contributed by atoms with E-state index in [2.05, 4.69) is 21.1 Å². The van der Waals surface area contributed by atoms with E-state index < -0.39 is 0 Å². The molecule has 0 spiro atoms. The van der Waals surface area contributed by atoms with Crippen LogP contribution in [0, 0.1) is 12.8 Å². The van der Waals surface area contributed by atoms with Crippen molar-refractivity contribution in [1.29, 1.82) is 0 Å². The Kier molecular flexibility index (Phi) is 5.04. The van der Waals surface area contributed by atoms with Crippen LogP contribution in [-0.4, -0.2) is 23.2 Å². The van der Waals surface area contributed by atoms with Crippen molar-refractivity contribution in [3.05, 3.63) is 35.4 Å². The second-order valence-electron chi connectivity index (χ2n) is 5.42.